The molecule has 2 rings (SSSR count). The molecule has 0 aliphatic heterocycles. The Morgan fingerprint density at radius 3 is 3.00 bits per heavy atom. The smallest absolute Gasteiger partial charge is 0.191 e. The first-order chi connectivity index (χ1) is 7.27. The maximum Gasteiger partial charge on any atom is 0.191 e. The lowest BCUT2D eigenvalue weighted by Gasteiger charge is -2.16. The van der Waals surface area contributed by atoms with Gasteiger partial charge < -0.3 is 10.6 Å². The van der Waals surface area contributed by atoms with Crippen LogP contribution in [0.15, 0.2) is 29.4 Å². The van der Waals surface area contributed by atoms with Crippen LogP contribution in [0, 0.1) is 0 Å². The number of aromatic nitrogens is 1. The summed E-state index contributed by atoms with van der Waals surface area (Å²) >= 11 is 0. The molecule has 1 saturated carbocycles. The number of nitrogens with zero attached hydrogens (tertiary/aromatic N) is 3. The van der Waals surface area contributed by atoms with Crippen LogP contribution in [-0.2, 0) is 6.54 Å². The highest BCUT2D eigenvalue weighted by Crippen LogP contribution is 2.24. The van der Waals surface area contributed by atoms with Gasteiger partial charge in [0.15, 0.2) is 5.96 Å². The van der Waals surface area contributed by atoms with Gasteiger partial charge in [0, 0.05) is 19.3 Å². The van der Waals surface area contributed by atoms with Crippen molar-refractivity contribution in [2.75, 3.05) is 7.05 Å². The predicted octanol–water partition coefficient (Wildman–Crippen LogP) is 0.990. The quantitative estimate of drug-likeness (QED) is 0.590. The molecule has 1 aromatic heterocycles. The first-order valence-electron chi connectivity index (χ1n) is 5.20. The summed E-state index contributed by atoms with van der Waals surface area (Å²) in [7, 11) is 1.99. The van der Waals surface area contributed by atoms with Crippen LogP contribution < -0.4 is 5.73 Å². The van der Waals surface area contributed by atoms with Crippen LogP contribution in [0.1, 0.15) is 18.5 Å². The van der Waals surface area contributed by atoms with Crippen molar-refractivity contribution in [2.24, 2.45) is 10.7 Å². The van der Waals surface area contributed by atoms with Gasteiger partial charge in [-0.3, -0.25) is 4.98 Å². The van der Waals surface area contributed by atoms with E-state index in [1.807, 2.05) is 30.1 Å². The number of aliphatic imine (C=N–C) groups is 1. The standard InChI is InChI=1S/C11H16N4/c1-15(10-5-6-10)11(12)14-8-9-4-2-3-7-13-9/h2-4,7,10H,5-6,8H2,1H3,(H2,12,14). The monoisotopic (exact) mass is 204 g/mol. The van der Waals surface area contributed by atoms with Gasteiger partial charge in [-0.15, -0.1) is 0 Å². The van der Waals surface area contributed by atoms with Crippen LogP contribution in [0.3, 0.4) is 0 Å². The lowest BCUT2D eigenvalue weighted by molar-refractivity contribution is 0.487. The van der Waals surface area contributed by atoms with Crippen LogP contribution in [0.4, 0.5) is 0 Å². The lowest BCUT2D eigenvalue weighted by atomic mass is 10.3. The molecule has 0 aromatic carbocycles. The molecule has 4 nitrogen and oxygen atoms in total. The first kappa shape index (κ1) is 9.96. The number of rotatable bonds is 3. The molecule has 0 saturated heterocycles. The van der Waals surface area contributed by atoms with E-state index in [4.69, 9.17) is 5.73 Å². The van der Waals surface area contributed by atoms with E-state index in [-0.39, 0.29) is 0 Å². The number of hydrogen-bond acceptors (Lipinski definition) is 2. The van der Waals surface area contributed by atoms with Crippen molar-refractivity contribution in [3.63, 3.8) is 0 Å². The second kappa shape index (κ2) is 4.29. The molecular weight excluding hydrogens is 188 g/mol. The van der Waals surface area contributed by atoms with Gasteiger partial charge in [0.25, 0.3) is 0 Å². The fraction of sp³-hybridized carbons (Fsp3) is 0.455. The Morgan fingerprint density at radius 2 is 2.40 bits per heavy atom. The molecule has 1 fully saturated rings. The number of guanidine groups is 1. The summed E-state index contributed by atoms with van der Waals surface area (Å²) in [6.45, 7) is 0.559. The second-order valence-corrected chi connectivity index (χ2v) is 3.84. The Bertz CT molecular complexity index is 343. The van der Waals surface area contributed by atoms with Crippen LogP contribution >= 0.6 is 0 Å². The van der Waals surface area contributed by atoms with E-state index in [1.54, 1.807) is 6.20 Å². The van der Waals surface area contributed by atoms with Gasteiger partial charge in [0.1, 0.15) is 0 Å². The zero-order valence-corrected chi connectivity index (χ0v) is 8.93. The van der Waals surface area contributed by atoms with Crippen LogP contribution in [-0.4, -0.2) is 28.9 Å². The molecule has 2 N–H and O–H groups in total. The highest BCUT2D eigenvalue weighted by Gasteiger charge is 2.27. The molecule has 1 aliphatic rings. The molecule has 1 aliphatic carbocycles. The van der Waals surface area contributed by atoms with Crippen molar-refractivity contribution in [1.82, 2.24) is 9.88 Å². The van der Waals surface area contributed by atoms with E-state index in [9.17, 15) is 0 Å². The summed E-state index contributed by atoms with van der Waals surface area (Å²) in [4.78, 5) is 10.5. The lowest BCUT2D eigenvalue weighted by Crippen LogP contribution is -2.35. The summed E-state index contributed by atoms with van der Waals surface area (Å²) in [5.74, 6) is 0.614. The number of nitrogens with two attached hydrogens (primary N) is 1. The van der Waals surface area contributed by atoms with Crippen LogP contribution in [0.5, 0.6) is 0 Å². The van der Waals surface area contributed by atoms with Gasteiger partial charge in [-0.2, -0.15) is 0 Å². The topological polar surface area (TPSA) is 54.5 Å². The third-order valence-corrected chi connectivity index (χ3v) is 2.59. The van der Waals surface area contributed by atoms with Crippen molar-refractivity contribution in [1.29, 1.82) is 0 Å². The average Bonchev–Trinajstić information content (AvgIpc) is 3.10. The minimum absolute atomic E-state index is 0.559. The minimum Gasteiger partial charge on any atom is -0.370 e. The third-order valence-electron chi connectivity index (χ3n) is 2.59. The molecule has 1 aromatic rings. The second-order valence-electron chi connectivity index (χ2n) is 3.84. The van der Waals surface area contributed by atoms with Crippen molar-refractivity contribution < 1.29 is 0 Å². The number of hydrogen-bond donors (Lipinski definition) is 1. The SMILES string of the molecule is CN(C(N)=NCc1ccccn1)C1CC1. The molecule has 15 heavy (non-hydrogen) atoms. The Balaban J connectivity index is 1.92. The average molecular weight is 204 g/mol. The molecule has 0 atom stereocenters. The van der Waals surface area contributed by atoms with Gasteiger partial charge in [-0.05, 0) is 25.0 Å². The molecule has 1 heterocycles. The fourth-order valence-corrected chi connectivity index (χ4v) is 1.41. The van der Waals surface area contributed by atoms with Gasteiger partial charge >= 0.3 is 0 Å². The highest BCUT2D eigenvalue weighted by molar-refractivity contribution is 5.78. The van der Waals surface area contributed by atoms with Crippen LogP contribution in [0.2, 0.25) is 0 Å². The third kappa shape index (κ3) is 2.68. The van der Waals surface area contributed by atoms with E-state index < -0.39 is 0 Å². The molecule has 4 heteroatoms. The number of pyridine rings is 1. The van der Waals surface area contributed by atoms with E-state index >= 15 is 0 Å². The van der Waals surface area contributed by atoms with E-state index in [0.717, 1.165) is 5.69 Å². The molecule has 0 amide bonds. The molecule has 80 valence electrons. The molecular formula is C11H16N4. The Labute approximate surface area is 89.8 Å². The van der Waals surface area contributed by atoms with Gasteiger partial charge in [-0.25, -0.2) is 4.99 Å². The maximum absolute atomic E-state index is 5.85. The van der Waals surface area contributed by atoms with Gasteiger partial charge in [-0.1, -0.05) is 6.07 Å². The highest BCUT2D eigenvalue weighted by atomic mass is 15.3. The van der Waals surface area contributed by atoms with Gasteiger partial charge in [0.2, 0.25) is 0 Å². The van der Waals surface area contributed by atoms with E-state index in [0.29, 0.717) is 18.5 Å². The Kier molecular flexibility index (Phi) is 2.85. The summed E-state index contributed by atoms with van der Waals surface area (Å²) < 4.78 is 0. The van der Waals surface area contributed by atoms with E-state index in [1.165, 1.54) is 12.8 Å². The van der Waals surface area contributed by atoms with E-state index in [2.05, 4.69) is 9.98 Å². The normalized spacial score (nSPS) is 16.5. The largest absolute Gasteiger partial charge is 0.370 e. The van der Waals surface area contributed by atoms with Gasteiger partial charge in [0.05, 0.1) is 12.2 Å². The zero-order chi connectivity index (χ0) is 10.7. The molecule has 0 radical (unpaired) electrons. The molecule has 0 unspecified atom stereocenters. The van der Waals surface area contributed by atoms with Crippen molar-refractivity contribution in [3.05, 3.63) is 30.1 Å². The van der Waals surface area contributed by atoms with Crippen molar-refractivity contribution in [3.8, 4) is 0 Å². The summed E-state index contributed by atoms with van der Waals surface area (Å²) in [5.41, 5.74) is 6.80. The fourth-order valence-electron chi connectivity index (χ4n) is 1.41. The summed E-state index contributed by atoms with van der Waals surface area (Å²) in [5, 5.41) is 0. The Hall–Kier alpha value is -1.58. The Morgan fingerprint density at radius 1 is 1.60 bits per heavy atom. The van der Waals surface area contributed by atoms with Crippen molar-refractivity contribution >= 4 is 5.96 Å². The maximum atomic E-state index is 5.85. The first-order valence-corrected chi connectivity index (χ1v) is 5.20. The van der Waals surface area contributed by atoms with Crippen molar-refractivity contribution in [2.45, 2.75) is 25.4 Å². The minimum atomic E-state index is 0.559. The van der Waals surface area contributed by atoms with Crippen LogP contribution in [0.25, 0.3) is 0 Å². The zero-order valence-electron chi connectivity index (χ0n) is 8.93. The molecule has 0 bridgehead atoms. The molecule has 0 spiro atoms. The predicted molar refractivity (Wildman–Crippen MR) is 60.3 cm³/mol. The summed E-state index contributed by atoms with van der Waals surface area (Å²) in [6.07, 6.45) is 4.23. The summed E-state index contributed by atoms with van der Waals surface area (Å²) in [6, 6.07) is 6.41.